The van der Waals surface area contributed by atoms with E-state index in [1.54, 1.807) is 0 Å². The van der Waals surface area contributed by atoms with E-state index >= 15 is 0 Å². The predicted octanol–water partition coefficient (Wildman–Crippen LogP) is 24.2. The molecule has 19 heteroatoms. The van der Waals surface area contributed by atoms with Gasteiger partial charge in [0.05, 0.1) is 26.4 Å². The summed E-state index contributed by atoms with van der Waals surface area (Å²) in [5.74, 6) is -2.25. The van der Waals surface area contributed by atoms with Gasteiger partial charge >= 0.3 is 39.5 Å². The fraction of sp³-hybridized carbons (Fsp3) is 0.678. The fourth-order valence-corrected chi connectivity index (χ4v) is 12.1. The second-order valence-corrected chi connectivity index (χ2v) is 29.8. The van der Waals surface area contributed by atoms with Crippen molar-refractivity contribution in [2.24, 2.45) is 0 Å². The first-order valence-electron chi connectivity index (χ1n) is 41.1. The second-order valence-electron chi connectivity index (χ2n) is 26.9. The average molecular weight is 1530 g/mol. The van der Waals surface area contributed by atoms with E-state index in [1.807, 2.05) is 0 Å². The van der Waals surface area contributed by atoms with Crippen LogP contribution in [0, 0.1) is 0 Å². The van der Waals surface area contributed by atoms with Gasteiger partial charge in [-0.1, -0.05) is 283 Å². The summed E-state index contributed by atoms with van der Waals surface area (Å²) in [6, 6.07) is 0. The molecule has 0 fully saturated rings. The lowest BCUT2D eigenvalue weighted by atomic mass is 10.1. The SMILES string of the molecule is CC/C=C\C/C=C\C/C=C\C/C=C\C/C=C\CCCCCC(=O)OCC(COP(=O)(O)OCC(O)COP(=O)(O)OCC(COC(=O)CCCCCCC/C=C\CCCCCCCC)OC(=O)CCCCCCC/C=C\C/C=C\CCC)OC(=O)CCCCCCCC/C=C\C/C=C\C/C=C\C/C=C\CC. The molecule has 0 amide bonds. The van der Waals surface area contributed by atoms with Crippen LogP contribution < -0.4 is 0 Å². The lowest BCUT2D eigenvalue weighted by molar-refractivity contribution is -0.161. The fourth-order valence-electron chi connectivity index (χ4n) is 10.6. The third-order valence-corrected chi connectivity index (χ3v) is 18.7. The predicted molar refractivity (Wildman–Crippen MR) is 436 cm³/mol. The van der Waals surface area contributed by atoms with Gasteiger partial charge in [0.2, 0.25) is 0 Å². The number of esters is 4. The van der Waals surface area contributed by atoms with E-state index in [-0.39, 0.29) is 25.7 Å². The van der Waals surface area contributed by atoms with Crippen molar-refractivity contribution in [1.29, 1.82) is 0 Å². The lowest BCUT2D eigenvalue weighted by Gasteiger charge is -2.21. The van der Waals surface area contributed by atoms with E-state index in [9.17, 15) is 43.2 Å². The maximum Gasteiger partial charge on any atom is 0.472 e. The average Bonchev–Trinajstić information content (AvgIpc) is 0.903. The van der Waals surface area contributed by atoms with Crippen molar-refractivity contribution in [2.75, 3.05) is 39.6 Å². The van der Waals surface area contributed by atoms with Crippen molar-refractivity contribution in [3.63, 3.8) is 0 Å². The molecule has 0 aliphatic rings. The van der Waals surface area contributed by atoms with E-state index in [0.29, 0.717) is 25.7 Å². The molecule has 0 aromatic rings. The van der Waals surface area contributed by atoms with E-state index in [0.717, 1.165) is 205 Å². The Bertz CT molecular complexity index is 2580. The molecular formula is C87H146O17P2. The summed E-state index contributed by atoms with van der Waals surface area (Å²) < 4.78 is 68.6. The van der Waals surface area contributed by atoms with E-state index in [1.165, 1.54) is 38.5 Å². The van der Waals surface area contributed by atoms with Crippen LogP contribution in [0.2, 0.25) is 0 Å². The maximum absolute atomic E-state index is 13.1. The zero-order valence-electron chi connectivity index (χ0n) is 66.3. The summed E-state index contributed by atoms with van der Waals surface area (Å²) in [6.07, 6.45) is 89.6. The monoisotopic (exact) mass is 1530 g/mol. The number of unbranched alkanes of at least 4 members (excludes halogenated alkanes) is 26. The van der Waals surface area contributed by atoms with Gasteiger partial charge in [0.15, 0.2) is 12.2 Å². The van der Waals surface area contributed by atoms with Crippen LogP contribution in [0.25, 0.3) is 0 Å². The molecule has 17 nitrogen and oxygen atoms in total. The number of hydrogen-bond donors (Lipinski definition) is 3. The number of allylic oxidation sites excluding steroid dienone is 24. The van der Waals surface area contributed by atoms with Gasteiger partial charge in [-0.2, -0.15) is 0 Å². The third-order valence-electron chi connectivity index (χ3n) is 16.7. The van der Waals surface area contributed by atoms with Gasteiger partial charge in [0.25, 0.3) is 0 Å². The number of rotatable bonds is 76. The minimum absolute atomic E-state index is 0.0661. The molecular weight excluding hydrogens is 1380 g/mol. The molecule has 0 spiro atoms. The van der Waals surface area contributed by atoms with Gasteiger partial charge in [-0.3, -0.25) is 37.3 Å². The van der Waals surface area contributed by atoms with Crippen molar-refractivity contribution in [3.8, 4) is 0 Å². The van der Waals surface area contributed by atoms with Gasteiger partial charge in [0.1, 0.15) is 19.3 Å². The highest BCUT2D eigenvalue weighted by atomic mass is 31.2. The van der Waals surface area contributed by atoms with Gasteiger partial charge in [-0.05, 0) is 161 Å². The summed E-state index contributed by atoms with van der Waals surface area (Å²) in [5.41, 5.74) is 0. The summed E-state index contributed by atoms with van der Waals surface area (Å²) in [4.78, 5) is 73.1. The van der Waals surface area contributed by atoms with Crippen LogP contribution in [0.3, 0.4) is 0 Å². The minimum Gasteiger partial charge on any atom is -0.462 e. The van der Waals surface area contributed by atoms with Crippen molar-refractivity contribution in [3.05, 3.63) is 146 Å². The Kier molecular flexibility index (Phi) is 74.3. The highest BCUT2D eigenvalue weighted by molar-refractivity contribution is 7.47. The Morgan fingerprint density at radius 1 is 0.274 bits per heavy atom. The largest absolute Gasteiger partial charge is 0.472 e. The number of hydrogen-bond acceptors (Lipinski definition) is 15. The van der Waals surface area contributed by atoms with E-state index in [4.69, 9.17) is 37.0 Å². The van der Waals surface area contributed by atoms with Crippen molar-refractivity contribution in [2.45, 2.75) is 341 Å². The second kappa shape index (κ2) is 78.1. The summed E-state index contributed by atoms with van der Waals surface area (Å²) in [7, 11) is -9.99. The molecule has 5 unspecified atom stereocenters. The van der Waals surface area contributed by atoms with Crippen LogP contribution in [-0.2, 0) is 65.4 Å². The third kappa shape index (κ3) is 77.1. The van der Waals surface area contributed by atoms with Crippen molar-refractivity contribution in [1.82, 2.24) is 0 Å². The number of aliphatic hydroxyl groups excluding tert-OH is 1. The van der Waals surface area contributed by atoms with Crippen molar-refractivity contribution >= 4 is 39.5 Å². The Hall–Kier alpha value is -5.06. The van der Waals surface area contributed by atoms with Crippen LogP contribution in [-0.4, -0.2) is 96.7 Å². The Balaban J connectivity index is 5.43. The zero-order valence-corrected chi connectivity index (χ0v) is 68.1. The normalized spacial score (nSPS) is 14.6. The first-order valence-corrected chi connectivity index (χ1v) is 44.1. The number of phosphoric ester groups is 2. The highest BCUT2D eigenvalue weighted by Gasteiger charge is 2.30. The van der Waals surface area contributed by atoms with Gasteiger partial charge in [-0.15, -0.1) is 0 Å². The molecule has 5 atom stereocenters. The van der Waals surface area contributed by atoms with E-state index in [2.05, 4.69) is 174 Å². The molecule has 106 heavy (non-hydrogen) atoms. The molecule has 0 saturated heterocycles. The Labute approximate surface area is 643 Å². The molecule has 0 aliphatic carbocycles. The van der Waals surface area contributed by atoms with E-state index < -0.39 is 97.5 Å². The molecule has 0 radical (unpaired) electrons. The number of ether oxygens (including phenoxy) is 4. The summed E-state index contributed by atoms with van der Waals surface area (Å²) in [6.45, 7) is 4.52. The molecule has 0 aromatic heterocycles. The lowest BCUT2D eigenvalue weighted by Crippen LogP contribution is -2.30. The Morgan fingerprint density at radius 3 is 0.811 bits per heavy atom. The number of carbonyl (C=O) groups excluding carboxylic acids is 4. The standard InChI is InChI=1S/C87H146O17P2/c1-5-9-13-17-21-25-29-33-36-38-40-42-45-49-52-56-60-64-68-72-85(90)98-78-83(104-87(92)74-70-66-62-58-54-50-46-43-41-39-37-34-30-26-22-18-14-10-6-2)80-102-106(95,96)100-76-81(88)75-99-105(93,94)101-79-82(103-86(91)73-69-65-61-57-53-47-32-28-24-20-16-12-8-4)77-97-84(89)71-67-63-59-55-51-48-44-35-31-27-23-19-15-11-7-3/h9-10,13-14,16,20-22,25-26,28,32-37,40-44,49,52,81-83,88H,5-8,11-12,15,17-19,23-24,27,29-31,38-39,45-48,50-51,53-80H2,1-4H3,(H,93,94)(H,95,96)/b13-9-,14-10-,20-16-,25-21-,26-22-,32-28-,36-33-,37-34-,42-40-,43-41-,44-35-,52-49-. The Morgan fingerprint density at radius 2 is 0.509 bits per heavy atom. The molecule has 0 rings (SSSR count). The first kappa shape index (κ1) is 101. The van der Waals surface area contributed by atoms with Gasteiger partial charge < -0.3 is 33.8 Å². The molecule has 0 aliphatic heterocycles. The number of phosphoric acid groups is 2. The van der Waals surface area contributed by atoms with Crippen molar-refractivity contribution < 1.29 is 80.2 Å². The smallest absolute Gasteiger partial charge is 0.462 e. The van der Waals surface area contributed by atoms with Crippen LogP contribution in [0.15, 0.2) is 146 Å². The van der Waals surface area contributed by atoms with Crippen LogP contribution in [0.5, 0.6) is 0 Å². The molecule has 0 saturated carbocycles. The molecule has 0 heterocycles. The molecule has 0 bridgehead atoms. The van der Waals surface area contributed by atoms with Gasteiger partial charge in [-0.25, -0.2) is 9.13 Å². The first-order chi connectivity index (χ1) is 51.7. The van der Waals surface area contributed by atoms with Crippen LogP contribution >= 0.6 is 15.6 Å². The van der Waals surface area contributed by atoms with Crippen LogP contribution in [0.4, 0.5) is 0 Å². The maximum atomic E-state index is 13.1. The van der Waals surface area contributed by atoms with Crippen LogP contribution in [0.1, 0.15) is 323 Å². The quantitative estimate of drug-likeness (QED) is 0.0169. The minimum atomic E-state index is -5.00. The van der Waals surface area contributed by atoms with Gasteiger partial charge in [0, 0.05) is 25.7 Å². The summed E-state index contributed by atoms with van der Waals surface area (Å²) in [5, 5.41) is 10.7. The topological polar surface area (TPSA) is 237 Å². The zero-order chi connectivity index (χ0) is 77.4. The summed E-state index contributed by atoms with van der Waals surface area (Å²) >= 11 is 0. The number of carbonyl (C=O) groups is 4. The highest BCUT2D eigenvalue weighted by Crippen LogP contribution is 2.45. The molecule has 0 aromatic carbocycles. The number of aliphatic hydroxyl groups is 1. The molecule has 606 valence electrons. The molecule has 3 N–H and O–H groups in total.